The monoisotopic (exact) mass is 486 g/mol. The summed E-state index contributed by atoms with van der Waals surface area (Å²) in [5, 5.41) is 0.740. The van der Waals surface area contributed by atoms with Crippen LogP contribution in [-0.4, -0.2) is 52.9 Å². The molecule has 2 aromatic carbocycles. The van der Waals surface area contributed by atoms with Crippen molar-refractivity contribution in [2.45, 2.75) is 32.6 Å². The molecule has 8 heteroatoms. The van der Waals surface area contributed by atoms with Gasteiger partial charge in [-0.1, -0.05) is 36.5 Å². The first-order valence-electron chi connectivity index (χ1n) is 11.1. The number of piperidine rings is 1. The molecule has 2 heterocycles. The minimum absolute atomic E-state index is 0.00511. The molecule has 0 aromatic heterocycles. The molecule has 1 fully saturated rings. The number of fused-ring (bicyclic) bond motifs is 1. The van der Waals surface area contributed by atoms with Crippen molar-refractivity contribution in [2.75, 3.05) is 19.6 Å². The van der Waals surface area contributed by atoms with Gasteiger partial charge in [-0.2, -0.15) is 0 Å². The Kier molecular flexibility index (Phi) is 6.86. The van der Waals surface area contributed by atoms with Crippen molar-refractivity contribution in [1.82, 2.24) is 9.80 Å². The summed E-state index contributed by atoms with van der Waals surface area (Å²) < 4.78 is 0. The zero-order valence-electron chi connectivity index (χ0n) is 18.3. The number of amides is 3. The topological polar surface area (TPSA) is 74.8 Å². The van der Waals surface area contributed by atoms with E-state index in [0.29, 0.717) is 59.2 Å². The molecule has 0 spiro atoms. The lowest BCUT2D eigenvalue weighted by Gasteiger charge is -2.31. The first kappa shape index (κ1) is 23.5. The highest BCUT2D eigenvalue weighted by atomic mass is 35.5. The predicted octanol–water partition coefficient (Wildman–Crippen LogP) is 5.12. The lowest BCUT2D eigenvalue weighted by atomic mass is 9.88. The van der Waals surface area contributed by atoms with Crippen LogP contribution in [0.5, 0.6) is 0 Å². The van der Waals surface area contributed by atoms with Crippen LogP contribution in [0.3, 0.4) is 0 Å². The van der Waals surface area contributed by atoms with Crippen LogP contribution >= 0.6 is 23.2 Å². The summed E-state index contributed by atoms with van der Waals surface area (Å²) in [5.41, 5.74) is 1.52. The maximum Gasteiger partial charge on any atom is 0.261 e. The van der Waals surface area contributed by atoms with Crippen molar-refractivity contribution in [2.24, 2.45) is 5.92 Å². The third-order valence-corrected chi connectivity index (χ3v) is 7.05. The molecule has 0 aliphatic carbocycles. The summed E-state index contributed by atoms with van der Waals surface area (Å²) in [7, 11) is 0. The molecule has 0 atom stereocenters. The summed E-state index contributed by atoms with van der Waals surface area (Å²) in [6.45, 7) is 3.25. The van der Waals surface area contributed by atoms with Gasteiger partial charge in [-0.25, -0.2) is 0 Å². The highest BCUT2D eigenvalue weighted by molar-refractivity contribution is 6.42. The number of nitrogens with zero attached hydrogens (tertiary/aromatic N) is 2. The number of Topliss-reactive ketones (excluding diaryl/α,β-unsaturated/α-hetero) is 1. The van der Waals surface area contributed by atoms with E-state index in [9.17, 15) is 19.2 Å². The van der Waals surface area contributed by atoms with Crippen molar-refractivity contribution >= 4 is 46.7 Å². The van der Waals surface area contributed by atoms with Gasteiger partial charge in [-0.3, -0.25) is 24.1 Å². The number of likely N-dealkylation sites (tertiary alicyclic amines) is 1. The molecule has 2 aliphatic rings. The van der Waals surface area contributed by atoms with Crippen molar-refractivity contribution in [3.63, 3.8) is 0 Å². The van der Waals surface area contributed by atoms with Crippen LogP contribution in [0.25, 0.3) is 0 Å². The van der Waals surface area contributed by atoms with Gasteiger partial charge in [0.2, 0.25) is 0 Å². The summed E-state index contributed by atoms with van der Waals surface area (Å²) in [6.07, 6.45) is 2.70. The van der Waals surface area contributed by atoms with E-state index in [4.69, 9.17) is 23.2 Å². The van der Waals surface area contributed by atoms with Gasteiger partial charge in [0.25, 0.3) is 17.7 Å². The molecule has 0 saturated carbocycles. The minimum atomic E-state index is -0.343. The minimum Gasteiger partial charge on any atom is -0.339 e. The fourth-order valence-corrected chi connectivity index (χ4v) is 4.65. The van der Waals surface area contributed by atoms with Gasteiger partial charge in [0.15, 0.2) is 5.78 Å². The van der Waals surface area contributed by atoms with Gasteiger partial charge in [0.05, 0.1) is 21.2 Å². The number of unbranched alkanes of at least 4 members (excludes halogenated alkanes) is 1. The number of hydrogen-bond acceptors (Lipinski definition) is 4. The Morgan fingerprint density at radius 3 is 2.24 bits per heavy atom. The summed E-state index contributed by atoms with van der Waals surface area (Å²) >= 11 is 12.0. The normalized spacial score (nSPS) is 16.3. The SMILES string of the molecule is CCCCN1C(=O)c2ccc(C(=O)N3CCC(C(=O)c4ccc(Cl)c(Cl)c4)CC3)cc2C1=O. The van der Waals surface area contributed by atoms with Gasteiger partial charge < -0.3 is 4.90 Å². The quantitative estimate of drug-likeness (QED) is 0.419. The van der Waals surface area contributed by atoms with Crippen molar-refractivity contribution in [1.29, 1.82) is 0 Å². The Hall–Kier alpha value is -2.70. The zero-order chi connectivity index (χ0) is 23.7. The summed E-state index contributed by atoms with van der Waals surface area (Å²) in [5.74, 6) is -1.05. The lowest BCUT2D eigenvalue weighted by Crippen LogP contribution is -2.40. The van der Waals surface area contributed by atoms with Crippen LogP contribution in [0.4, 0.5) is 0 Å². The first-order chi connectivity index (χ1) is 15.8. The van der Waals surface area contributed by atoms with Crippen molar-refractivity contribution < 1.29 is 19.2 Å². The Morgan fingerprint density at radius 1 is 0.909 bits per heavy atom. The van der Waals surface area contributed by atoms with E-state index in [1.807, 2.05) is 6.92 Å². The fraction of sp³-hybridized carbons (Fsp3) is 0.360. The number of benzene rings is 2. The number of halogens is 2. The fourth-order valence-electron chi connectivity index (χ4n) is 4.36. The van der Waals surface area contributed by atoms with E-state index in [2.05, 4.69) is 0 Å². The number of carbonyl (C=O) groups excluding carboxylic acids is 4. The highest BCUT2D eigenvalue weighted by Crippen LogP contribution is 2.29. The molecule has 172 valence electrons. The molecule has 0 unspecified atom stereocenters. The number of imide groups is 1. The number of carbonyl (C=O) groups is 4. The summed E-state index contributed by atoms with van der Waals surface area (Å²) in [4.78, 5) is 54.0. The number of hydrogen-bond donors (Lipinski definition) is 0. The van der Waals surface area contributed by atoms with Crippen LogP contribution in [0.2, 0.25) is 10.0 Å². The smallest absolute Gasteiger partial charge is 0.261 e. The van der Waals surface area contributed by atoms with E-state index in [-0.39, 0.29) is 35.0 Å². The molecule has 3 amide bonds. The van der Waals surface area contributed by atoms with Crippen LogP contribution < -0.4 is 0 Å². The second-order valence-electron chi connectivity index (χ2n) is 8.44. The van der Waals surface area contributed by atoms with Crippen LogP contribution in [-0.2, 0) is 0 Å². The average molecular weight is 487 g/mol. The Morgan fingerprint density at radius 2 is 1.58 bits per heavy atom. The van der Waals surface area contributed by atoms with Gasteiger partial charge in [-0.05, 0) is 55.7 Å². The molecule has 0 N–H and O–H groups in total. The van der Waals surface area contributed by atoms with Crippen LogP contribution in [0.15, 0.2) is 36.4 Å². The van der Waals surface area contributed by atoms with E-state index in [1.54, 1.807) is 35.2 Å². The molecular formula is C25H24Cl2N2O4. The molecule has 0 radical (unpaired) electrons. The van der Waals surface area contributed by atoms with Crippen LogP contribution in [0.1, 0.15) is 74.0 Å². The number of ketones is 1. The molecule has 6 nitrogen and oxygen atoms in total. The number of rotatable bonds is 6. The summed E-state index contributed by atoms with van der Waals surface area (Å²) in [6, 6.07) is 9.55. The average Bonchev–Trinajstić information content (AvgIpc) is 3.07. The predicted molar refractivity (Wildman–Crippen MR) is 126 cm³/mol. The van der Waals surface area contributed by atoms with Gasteiger partial charge in [0, 0.05) is 36.7 Å². The van der Waals surface area contributed by atoms with E-state index >= 15 is 0 Å². The first-order valence-corrected chi connectivity index (χ1v) is 11.9. The van der Waals surface area contributed by atoms with Crippen molar-refractivity contribution in [3.8, 4) is 0 Å². The molecule has 2 aliphatic heterocycles. The van der Waals surface area contributed by atoms with Gasteiger partial charge in [-0.15, -0.1) is 0 Å². The standard InChI is InChI=1S/C25H24Cl2N2O4/c1-2-3-10-29-24(32)18-6-4-17(13-19(18)25(29)33)23(31)28-11-8-15(9-12-28)22(30)16-5-7-20(26)21(27)14-16/h4-7,13-15H,2-3,8-12H2,1H3. The lowest BCUT2D eigenvalue weighted by molar-refractivity contribution is 0.0649. The molecule has 1 saturated heterocycles. The molecule has 33 heavy (non-hydrogen) atoms. The Balaban J connectivity index is 1.42. The highest BCUT2D eigenvalue weighted by Gasteiger charge is 2.36. The van der Waals surface area contributed by atoms with E-state index in [1.165, 1.54) is 11.0 Å². The van der Waals surface area contributed by atoms with Crippen molar-refractivity contribution in [3.05, 3.63) is 68.7 Å². The third kappa shape index (κ3) is 4.55. The Labute approximate surface area is 202 Å². The maximum absolute atomic E-state index is 13.1. The van der Waals surface area contributed by atoms with E-state index < -0.39 is 0 Å². The molecule has 0 bridgehead atoms. The Bertz CT molecular complexity index is 1140. The second kappa shape index (κ2) is 9.65. The van der Waals surface area contributed by atoms with Gasteiger partial charge >= 0.3 is 0 Å². The molecular weight excluding hydrogens is 463 g/mol. The molecule has 2 aromatic rings. The largest absolute Gasteiger partial charge is 0.339 e. The van der Waals surface area contributed by atoms with E-state index in [0.717, 1.165) is 12.8 Å². The molecule has 4 rings (SSSR count). The second-order valence-corrected chi connectivity index (χ2v) is 9.25. The zero-order valence-corrected chi connectivity index (χ0v) is 19.8. The maximum atomic E-state index is 13.1. The third-order valence-electron chi connectivity index (χ3n) is 6.31. The van der Waals surface area contributed by atoms with Crippen LogP contribution in [0, 0.1) is 5.92 Å². The van der Waals surface area contributed by atoms with Gasteiger partial charge in [0.1, 0.15) is 0 Å².